The summed E-state index contributed by atoms with van der Waals surface area (Å²) < 4.78 is 16.6. The van der Waals surface area contributed by atoms with Crippen LogP contribution in [0.3, 0.4) is 0 Å². The lowest BCUT2D eigenvalue weighted by molar-refractivity contribution is -0.114. The minimum atomic E-state index is -0.471. The highest BCUT2D eigenvalue weighted by Crippen LogP contribution is 2.27. The molecule has 158 valence electrons. The predicted octanol–water partition coefficient (Wildman–Crippen LogP) is 4.31. The van der Waals surface area contributed by atoms with Crippen molar-refractivity contribution in [2.24, 2.45) is 0 Å². The first-order valence-corrected chi connectivity index (χ1v) is 10.4. The summed E-state index contributed by atoms with van der Waals surface area (Å²) in [5.41, 5.74) is 2.35. The number of nitrogens with zero attached hydrogens (tertiary/aromatic N) is 2. The minimum absolute atomic E-state index is 0.167. The Labute approximate surface area is 181 Å². The first-order valence-electron chi connectivity index (χ1n) is 9.45. The molecule has 0 radical (unpaired) electrons. The fourth-order valence-corrected chi connectivity index (χ4v) is 3.75. The van der Waals surface area contributed by atoms with E-state index in [1.807, 2.05) is 31.2 Å². The number of amides is 1. The van der Waals surface area contributed by atoms with E-state index in [-0.39, 0.29) is 12.5 Å². The summed E-state index contributed by atoms with van der Waals surface area (Å²) in [5.74, 6) is 1.32. The number of anilines is 1. The maximum Gasteiger partial charge on any atom is 0.336 e. The topological polar surface area (TPSA) is 107 Å². The fourth-order valence-electron chi connectivity index (χ4n) is 2.97. The van der Waals surface area contributed by atoms with Gasteiger partial charge in [-0.2, -0.15) is 0 Å². The molecule has 1 amide bonds. The van der Waals surface area contributed by atoms with E-state index >= 15 is 0 Å². The van der Waals surface area contributed by atoms with E-state index in [0.29, 0.717) is 28.1 Å². The number of nitrogens with one attached hydrogen (secondary N) is 1. The van der Waals surface area contributed by atoms with Crippen molar-refractivity contribution < 1.29 is 18.4 Å². The molecule has 8 nitrogen and oxygen atoms in total. The third-order valence-electron chi connectivity index (χ3n) is 4.30. The van der Waals surface area contributed by atoms with Gasteiger partial charge in [-0.25, -0.2) is 4.79 Å². The molecule has 0 saturated heterocycles. The molecule has 2 heterocycles. The van der Waals surface area contributed by atoms with Crippen LogP contribution in [0.1, 0.15) is 23.9 Å². The number of fused-ring (bicyclic) bond motifs is 1. The number of benzene rings is 2. The van der Waals surface area contributed by atoms with Crippen LogP contribution in [-0.2, 0) is 17.2 Å². The Balaban J connectivity index is 1.44. The Kier molecular flexibility index (Phi) is 6.03. The van der Waals surface area contributed by atoms with Crippen molar-refractivity contribution in [1.29, 1.82) is 0 Å². The molecule has 0 aliphatic heterocycles. The number of aromatic nitrogens is 2. The van der Waals surface area contributed by atoms with Crippen LogP contribution in [0.15, 0.2) is 67.4 Å². The second-order valence-corrected chi connectivity index (χ2v) is 7.76. The van der Waals surface area contributed by atoms with E-state index in [4.69, 9.17) is 13.6 Å². The van der Waals surface area contributed by atoms with E-state index in [9.17, 15) is 9.59 Å². The van der Waals surface area contributed by atoms with Crippen LogP contribution < -0.4 is 15.7 Å². The zero-order chi connectivity index (χ0) is 21.8. The molecular weight excluding hydrogens is 418 g/mol. The molecule has 0 bridgehead atoms. The Morgan fingerprint density at radius 2 is 2.00 bits per heavy atom. The molecule has 2 aromatic heterocycles. The Hall–Kier alpha value is -3.59. The first kappa shape index (κ1) is 20.7. The van der Waals surface area contributed by atoms with Crippen LogP contribution in [0.5, 0.6) is 5.75 Å². The molecular formula is C22H19N3O5S. The third-order valence-corrected chi connectivity index (χ3v) is 5.17. The molecule has 31 heavy (non-hydrogen) atoms. The number of rotatable bonds is 7. The van der Waals surface area contributed by atoms with Gasteiger partial charge in [0.05, 0.1) is 0 Å². The van der Waals surface area contributed by atoms with E-state index in [1.54, 1.807) is 18.2 Å². The summed E-state index contributed by atoms with van der Waals surface area (Å²) in [6.07, 6.45) is 0. The third kappa shape index (κ3) is 5.32. The number of aryl methyl sites for hydroxylation is 1. The lowest BCUT2D eigenvalue weighted by Crippen LogP contribution is -2.06. The van der Waals surface area contributed by atoms with Crippen LogP contribution in [0.4, 0.5) is 5.69 Å². The number of hydrogen-bond donors (Lipinski definition) is 1. The average molecular weight is 437 g/mol. The highest BCUT2D eigenvalue weighted by molar-refractivity contribution is 7.98. The molecule has 4 aromatic rings. The smallest absolute Gasteiger partial charge is 0.336 e. The van der Waals surface area contributed by atoms with E-state index in [2.05, 4.69) is 15.5 Å². The molecule has 0 aliphatic rings. The highest BCUT2D eigenvalue weighted by Gasteiger charge is 2.12. The second-order valence-electron chi connectivity index (χ2n) is 6.84. The van der Waals surface area contributed by atoms with Crippen molar-refractivity contribution in [2.45, 2.75) is 31.4 Å². The molecule has 0 unspecified atom stereocenters. The second kappa shape index (κ2) is 9.05. The van der Waals surface area contributed by atoms with Crippen molar-refractivity contribution in [3.8, 4) is 5.75 Å². The number of carbonyl (C=O) groups excluding carboxylic acids is 1. The molecule has 0 aliphatic carbocycles. The number of thioether (sulfide) groups is 1. The fraction of sp³-hybridized carbons (Fsp3) is 0.182. The Morgan fingerprint density at radius 3 is 2.81 bits per heavy atom. The minimum Gasteiger partial charge on any atom is -0.484 e. The Morgan fingerprint density at radius 1 is 1.13 bits per heavy atom. The van der Waals surface area contributed by atoms with Crippen LogP contribution in [0.25, 0.3) is 11.0 Å². The summed E-state index contributed by atoms with van der Waals surface area (Å²) in [6, 6.07) is 14.3. The van der Waals surface area contributed by atoms with Gasteiger partial charge in [-0.1, -0.05) is 23.9 Å². The molecule has 2 aromatic carbocycles. The number of carbonyl (C=O) groups is 1. The molecule has 0 spiro atoms. The Bertz CT molecular complexity index is 1300. The number of hydrogen-bond acceptors (Lipinski definition) is 8. The van der Waals surface area contributed by atoms with Crippen LogP contribution in [0, 0.1) is 6.92 Å². The lowest BCUT2D eigenvalue weighted by Gasteiger charge is -2.06. The van der Waals surface area contributed by atoms with Crippen LogP contribution in [-0.4, -0.2) is 16.1 Å². The molecule has 0 saturated carbocycles. The monoisotopic (exact) mass is 437 g/mol. The summed E-state index contributed by atoms with van der Waals surface area (Å²) in [5, 5.41) is 11.8. The van der Waals surface area contributed by atoms with E-state index in [0.717, 1.165) is 22.3 Å². The molecule has 9 heteroatoms. The van der Waals surface area contributed by atoms with Gasteiger partial charge in [-0.3, -0.25) is 4.79 Å². The van der Waals surface area contributed by atoms with E-state index in [1.165, 1.54) is 24.8 Å². The van der Waals surface area contributed by atoms with Gasteiger partial charge in [-0.15, -0.1) is 10.2 Å². The van der Waals surface area contributed by atoms with Gasteiger partial charge >= 0.3 is 5.63 Å². The summed E-state index contributed by atoms with van der Waals surface area (Å²) in [4.78, 5) is 23.2. The maximum atomic E-state index is 12.0. The predicted molar refractivity (Wildman–Crippen MR) is 116 cm³/mol. The van der Waals surface area contributed by atoms with Crippen molar-refractivity contribution in [1.82, 2.24) is 10.2 Å². The quantitative estimate of drug-likeness (QED) is 0.337. The highest BCUT2D eigenvalue weighted by atomic mass is 32.2. The zero-order valence-electron chi connectivity index (χ0n) is 16.9. The van der Waals surface area contributed by atoms with Crippen molar-refractivity contribution in [3.05, 3.63) is 76.0 Å². The molecule has 0 fully saturated rings. The van der Waals surface area contributed by atoms with Gasteiger partial charge in [0, 0.05) is 35.9 Å². The standard InChI is InChI=1S/C22H19N3O5S/c1-13-4-3-5-17(8-13)28-11-20-24-25-22(30-20)31-12-15-9-21(27)29-19-10-16(23-14(2)26)6-7-18(15)19/h3-10H,11-12H2,1-2H3,(H,23,26). The van der Waals surface area contributed by atoms with Crippen molar-refractivity contribution in [2.75, 3.05) is 5.32 Å². The zero-order valence-corrected chi connectivity index (χ0v) is 17.7. The van der Waals surface area contributed by atoms with Crippen LogP contribution >= 0.6 is 11.8 Å². The van der Waals surface area contributed by atoms with Gasteiger partial charge < -0.3 is 18.9 Å². The van der Waals surface area contributed by atoms with Gasteiger partial charge in [0.1, 0.15) is 11.3 Å². The normalized spacial score (nSPS) is 10.9. The summed E-state index contributed by atoms with van der Waals surface area (Å²) in [7, 11) is 0. The largest absolute Gasteiger partial charge is 0.484 e. The summed E-state index contributed by atoms with van der Waals surface area (Å²) in [6.45, 7) is 3.57. The van der Waals surface area contributed by atoms with Crippen molar-refractivity contribution in [3.63, 3.8) is 0 Å². The van der Waals surface area contributed by atoms with Gasteiger partial charge in [0.15, 0.2) is 6.61 Å². The molecule has 1 N–H and O–H groups in total. The van der Waals surface area contributed by atoms with Gasteiger partial charge in [0.2, 0.25) is 5.91 Å². The SMILES string of the molecule is CC(=O)Nc1ccc2c(CSc3nnc(COc4cccc(C)c4)o3)cc(=O)oc2c1. The average Bonchev–Trinajstić information content (AvgIpc) is 3.17. The molecule has 0 atom stereocenters. The maximum absolute atomic E-state index is 12.0. The van der Waals surface area contributed by atoms with Gasteiger partial charge in [-0.05, 0) is 42.3 Å². The molecule has 4 rings (SSSR count). The summed E-state index contributed by atoms with van der Waals surface area (Å²) >= 11 is 1.31. The lowest BCUT2D eigenvalue weighted by atomic mass is 10.1. The van der Waals surface area contributed by atoms with Crippen LogP contribution in [0.2, 0.25) is 0 Å². The number of ether oxygens (including phenoxy) is 1. The van der Waals surface area contributed by atoms with Gasteiger partial charge in [0.25, 0.3) is 11.1 Å². The van der Waals surface area contributed by atoms with E-state index < -0.39 is 5.63 Å². The van der Waals surface area contributed by atoms with Crippen molar-refractivity contribution >= 4 is 34.3 Å². The first-order chi connectivity index (χ1) is 15.0.